The van der Waals surface area contributed by atoms with Crippen LogP contribution in [0.1, 0.15) is 52.0 Å². The molecule has 0 bridgehead atoms. The van der Waals surface area contributed by atoms with Gasteiger partial charge in [-0.25, -0.2) is 0 Å². The molecule has 1 unspecified atom stereocenters. The largest absolute Gasteiger partial charge is 0.375 e. The Morgan fingerprint density at radius 3 is 2.35 bits per heavy atom. The zero-order valence-electron chi connectivity index (χ0n) is 12.5. The molecule has 20 heavy (non-hydrogen) atoms. The molecule has 0 spiro atoms. The number of Topliss-reactive ketones (excluding diaryl/α,β-unsaturated/α-hetero) is 2. The second kappa shape index (κ2) is 7.44. The second-order valence-corrected chi connectivity index (χ2v) is 5.85. The van der Waals surface area contributed by atoms with Crippen LogP contribution in [0.4, 0.5) is 5.69 Å². The number of hydrogen-bond acceptors (Lipinski definition) is 3. The number of benzene rings is 1. The van der Waals surface area contributed by atoms with E-state index in [1.807, 2.05) is 18.2 Å². The standard InChI is InChI=1S/C16H22ClNO2/c1-10(2)14-7-6-13(9-15(14)17)18-16(12(4)20)8-5-11(3)19/h6-7,9-10,16,18H,5,8H2,1-4H3. The van der Waals surface area contributed by atoms with Crippen LogP contribution in [0.5, 0.6) is 0 Å². The Kier molecular flexibility index (Phi) is 6.21. The molecule has 0 aliphatic carbocycles. The summed E-state index contributed by atoms with van der Waals surface area (Å²) in [5.74, 6) is 0.472. The highest BCUT2D eigenvalue weighted by atomic mass is 35.5. The predicted octanol–water partition coefficient (Wildman–Crippen LogP) is 4.20. The maximum atomic E-state index is 11.6. The van der Waals surface area contributed by atoms with Gasteiger partial charge >= 0.3 is 0 Å². The highest BCUT2D eigenvalue weighted by Gasteiger charge is 2.15. The van der Waals surface area contributed by atoms with Crippen molar-refractivity contribution in [3.8, 4) is 0 Å². The van der Waals surface area contributed by atoms with E-state index in [0.717, 1.165) is 11.3 Å². The zero-order chi connectivity index (χ0) is 15.3. The van der Waals surface area contributed by atoms with Crippen molar-refractivity contribution < 1.29 is 9.59 Å². The van der Waals surface area contributed by atoms with Gasteiger partial charge in [0.2, 0.25) is 0 Å². The summed E-state index contributed by atoms with van der Waals surface area (Å²) in [6.45, 7) is 7.23. The molecule has 0 amide bonds. The Hall–Kier alpha value is -1.35. The van der Waals surface area contributed by atoms with Crippen molar-refractivity contribution in [3.63, 3.8) is 0 Å². The fourth-order valence-electron chi connectivity index (χ4n) is 2.01. The van der Waals surface area contributed by atoms with E-state index in [0.29, 0.717) is 23.8 Å². The molecule has 110 valence electrons. The minimum absolute atomic E-state index is 0.0234. The van der Waals surface area contributed by atoms with E-state index in [2.05, 4.69) is 19.2 Å². The molecule has 0 aliphatic heterocycles. The Morgan fingerprint density at radius 2 is 1.90 bits per heavy atom. The summed E-state index contributed by atoms with van der Waals surface area (Å²) in [6, 6.07) is 5.38. The molecule has 0 aromatic heterocycles. The summed E-state index contributed by atoms with van der Waals surface area (Å²) in [5, 5.41) is 3.85. The van der Waals surface area contributed by atoms with Crippen LogP contribution >= 0.6 is 11.6 Å². The third-order valence-electron chi connectivity index (χ3n) is 3.24. The molecule has 0 radical (unpaired) electrons. The number of halogens is 1. The van der Waals surface area contributed by atoms with Gasteiger partial charge in [-0.1, -0.05) is 31.5 Å². The van der Waals surface area contributed by atoms with E-state index in [1.165, 1.54) is 13.8 Å². The van der Waals surface area contributed by atoms with Crippen molar-refractivity contribution in [2.45, 2.75) is 52.5 Å². The number of rotatable bonds is 7. The van der Waals surface area contributed by atoms with Gasteiger partial charge in [0.15, 0.2) is 5.78 Å². The lowest BCUT2D eigenvalue weighted by Gasteiger charge is -2.18. The maximum absolute atomic E-state index is 11.6. The van der Waals surface area contributed by atoms with Gasteiger partial charge in [0.1, 0.15) is 5.78 Å². The summed E-state index contributed by atoms with van der Waals surface area (Å²) < 4.78 is 0. The quantitative estimate of drug-likeness (QED) is 0.820. The van der Waals surface area contributed by atoms with E-state index in [4.69, 9.17) is 11.6 Å². The number of ketones is 2. The summed E-state index contributed by atoms with van der Waals surface area (Å²) in [7, 11) is 0. The van der Waals surface area contributed by atoms with Crippen LogP contribution in [0, 0.1) is 0 Å². The van der Waals surface area contributed by atoms with Crippen molar-refractivity contribution in [1.82, 2.24) is 0 Å². The molecule has 1 aromatic rings. The SMILES string of the molecule is CC(=O)CCC(Nc1ccc(C(C)C)c(Cl)c1)C(C)=O. The van der Waals surface area contributed by atoms with Gasteiger partial charge in [-0.15, -0.1) is 0 Å². The predicted molar refractivity (Wildman–Crippen MR) is 83.5 cm³/mol. The highest BCUT2D eigenvalue weighted by molar-refractivity contribution is 6.31. The van der Waals surface area contributed by atoms with Gasteiger partial charge in [0.05, 0.1) is 6.04 Å². The lowest BCUT2D eigenvalue weighted by molar-refractivity contribution is -0.118. The third kappa shape index (κ3) is 4.97. The van der Waals surface area contributed by atoms with Gasteiger partial charge < -0.3 is 10.1 Å². The molecule has 1 N–H and O–H groups in total. The van der Waals surface area contributed by atoms with Crippen LogP contribution in [0.3, 0.4) is 0 Å². The third-order valence-corrected chi connectivity index (χ3v) is 3.57. The Balaban J connectivity index is 2.81. The first-order valence-corrected chi connectivity index (χ1v) is 7.25. The van der Waals surface area contributed by atoms with Crippen molar-refractivity contribution in [2.24, 2.45) is 0 Å². The fourth-order valence-corrected chi connectivity index (χ4v) is 2.41. The fraction of sp³-hybridized carbons (Fsp3) is 0.500. The average molecular weight is 296 g/mol. The lowest BCUT2D eigenvalue weighted by Crippen LogP contribution is -2.28. The first-order valence-electron chi connectivity index (χ1n) is 6.87. The molecule has 0 fully saturated rings. The molecule has 0 saturated carbocycles. The second-order valence-electron chi connectivity index (χ2n) is 5.44. The smallest absolute Gasteiger partial charge is 0.151 e. The van der Waals surface area contributed by atoms with Crippen molar-refractivity contribution in [1.29, 1.82) is 0 Å². The summed E-state index contributed by atoms with van der Waals surface area (Å²) in [4.78, 5) is 22.7. The summed E-state index contributed by atoms with van der Waals surface area (Å²) >= 11 is 6.24. The topological polar surface area (TPSA) is 46.2 Å². The minimum atomic E-state index is -0.347. The minimum Gasteiger partial charge on any atom is -0.375 e. The van der Waals surface area contributed by atoms with Crippen LogP contribution in [0.25, 0.3) is 0 Å². The van der Waals surface area contributed by atoms with Gasteiger partial charge in [-0.2, -0.15) is 0 Å². The maximum Gasteiger partial charge on any atom is 0.151 e. The van der Waals surface area contributed by atoms with Crippen LogP contribution in [-0.4, -0.2) is 17.6 Å². The number of carbonyl (C=O) groups excluding carboxylic acids is 2. The van der Waals surface area contributed by atoms with E-state index in [-0.39, 0.29) is 17.6 Å². The number of carbonyl (C=O) groups is 2. The van der Waals surface area contributed by atoms with E-state index < -0.39 is 0 Å². The van der Waals surface area contributed by atoms with Crippen LogP contribution in [0.15, 0.2) is 18.2 Å². The zero-order valence-corrected chi connectivity index (χ0v) is 13.3. The molecule has 4 heteroatoms. The lowest BCUT2D eigenvalue weighted by atomic mass is 10.0. The summed E-state index contributed by atoms with van der Waals surface area (Å²) in [6.07, 6.45) is 0.906. The molecule has 1 rings (SSSR count). The number of anilines is 1. The first kappa shape index (κ1) is 16.7. The number of hydrogen-bond donors (Lipinski definition) is 1. The molecule has 0 aliphatic rings. The monoisotopic (exact) mass is 295 g/mol. The Labute approximate surface area is 125 Å². The normalized spacial score (nSPS) is 12.3. The van der Waals surface area contributed by atoms with Gasteiger partial charge in [0, 0.05) is 17.1 Å². The van der Waals surface area contributed by atoms with E-state index in [1.54, 1.807) is 0 Å². The highest BCUT2D eigenvalue weighted by Crippen LogP contribution is 2.27. The van der Waals surface area contributed by atoms with Crippen molar-refractivity contribution in [2.75, 3.05) is 5.32 Å². The van der Waals surface area contributed by atoms with Crippen molar-refractivity contribution >= 4 is 28.9 Å². The van der Waals surface area contributed by atoms with Gasteiger partial charge in [-0.3, -0.25) is 4.79 Å². The Morgan fingerprint density at radius 1 is 1.25 bits per heavy atom. The molecule has 1 aromatic carbocycles. The average Bonchev–Trinajstić information content (AvgIpc) is 2.33. The van der Waals surface area contributed by atoms with Gasteiger partial charge in [-0.05, 0) is 43.9 Å². The molecular formula is C16H22ClNO2. The molecule has 0 saturated heterocycles. The molecule has 3 nitrogen and oxygen atoms in total. The van der Waals surface area contributed by atoms with E-state index in [9.17, 15) is 9.59 Å². The summed E-state index contributed by atoms with van der Waals surface area (Å²) in [5.41, 5.74) is 1.89. The van der Waals surface area contributed by atoms with E-state index >= 15 is 0 Å². The molecule has 1 atom stereocenters. The van der Waals surface area contributed by atoms with Gasteiger partial charge in [0.25, 0.3) is 0 Å². The Bertz CT molecular complexity index is 497. The number of nitrogens with one attached hydrogen (secondary N) is 1. The first-order chi connectivity index (χ1) is 9.31. The van der Waals surface area contributed by atoms with Crippen LogP contribution in [0.2, 0.25) is 5.02 Å². The van der Waals surface area contributed by atoms with Crippen molar-refractivity contribution in [3.05, 3.63) is 28.8 Å². The van der Waals surface area contributed by atoms with Crippen LogP contribution < -0.4 is 5.32 Å². The van der Waals surface area contributed by atoms with Crippen LogP contribution in [-0.2, 0) is 9.59 Å². The molecular weight excluding hydrogens is 274 g/mol. The molecule has 0 heterocycles.